The van der Waals surface area contributed by atoms with E-state index in [1.807, 2.05) is 12.1 Å². The minimum atomic E-state index is -0.192. The lowest BCUT2D eigenvalue weighted by Crippen LogP contribution is -2.20. The lowest BCUT2D eigenvalue weighted by molar-refractivity contribution is 0.628. The number of aromatic nitrogens is 1. The van der Waals surface area contributed by atoms with Crippen molar-refractivity contribution in [2.24, 2.45) is 0 Å². The molecule has 1 N–H and O–H groups in total. The van der Waals surface area contributed by atoms with Crippen molar-refractivity contribution in [3.8, 4) is 0 Å². The maximum absolute atomic E-state index is 13.5. The highest BCUT2D eigenvalue weighted by atomic mass is 19.1. The van der Waals surface area contributed by atoms with Gasteiger partial charge >= 0.3 is 0 Å². The van der Waals surface area contributed by atoms with Crippen LogP contribution in [0.25, 0.3) is 0 Å². The van der Waals surface area contributed by atoms with E-state index in [1.165, 1.54) is 11.6 Å². The Kier molecular flexibility index (Phi) is 4.15. The minimum Gasteiger partial charge on any atom is -0.325 e. The molecule has 0 bridgehead atoms. The van der Waals surface area contributed by atoms with Crippen molar-refractivity contribution in [2.45, 2.75) is 26.3 Å². The molecule has 2 aromatic rings. The summed E-state index contributed by atoms with van der Waals surface area (Å²) < 4.78 is 13.5. The average molecular weight is 285 g/mol. The lowest BCUT2D eigenvalue weighted by Gasteiger charge is -2.21. The maximum Gasteiger partial charge on any atom is 0.137 e. The number of hydrogen-bond acceptors (Lipinski definition) is 3. The fourth-order valence-corrected chi connectivity index (χ4v) is 2.78. The van der Waals surface area contributed by atoms with Gasteiger partial charge in [-0.15, -0.1) is 0 Å². The van der Waals surface area contributed by atoms with Gasteiger partial charge < -0.3 is 10.2 Å². The summed E-state index contributed by atoms with van der Waals surface area (Å²) >= 11 is 0. The molecule has 3 rings (SSSR count). The number of nitrogens with one attached hydrogen (secondary N) is 1. The van der Waals surface area contributed by atoms with Crippen molar-refractivity contribution in [2.75, 3.05) is 18.0 Å². The molecule has 0 aliphatic carbocycles. The Bertz CT molecular complexity index is 627. The van der Waals surface area contributed by atoms with Gasteiger partial charge in [-0.2, -0.15) is 0 Å². The van der Waals surface area contributed by atoms with Crippen molar-refractivity contribution in [3.63, 3.8) is 0 Å². The maximum atomic E-state index is 13.5. The van der Waals surface area contributed by atoms with Crippen LogP contribution in [-0.4, -0.2) is 18.1 Å². The molecule has 0 amide bonds. The van der Waals surface area contributed by atoms with Crippen molar-refractivity contribution < 1.29 is 4.39 Å². The summed E-state index contributed by atoms with van der Waals surface area (Å²) in [5.74, 6) is 0.743. The zero-order valence-electron chi connectivity index (χ0n) is 12.3. The smallest absolute Gasteiger partial charge is 0.137 e. The van der Waals surface area contributed by atoms with Crippen LogP contribution in [0.2, 0.25) is 0 Å². The third-order valence-corrected chi connectivity index (χ3v) is 3.81. The molecule has 110 valence electrons. The van der Waals surface area contributed by atoms with Crippen molar-refractivity contribution in [1.29, 1.82) is 0 Å². The Morgan fingerprint density at radius 3 is 3.10 bits per heavy atom. The number of anilines is 2. The first-order valence-corrected chi connectivity index (χ1v) is 7.50. The molecule has 1 aliphatic heterocycles. The highest BCUT2D eigenvalue weighted by Crippen LogP contribution is 2.35. The second kappa shape index (κ2) is 6.22. The van der Waals surface area contributed by atoms with Crippen molar-refractivity contribution >= 4 is 11.5 Å². The Labute approximate surface area is 124 Å². The molecule has 1 aliphatic rings. The van der Waals surface area contributed by atoms with E-state index in [1.54, 1.807) is 12.3 Å². The number of rotatable bonds is 5. The number of benzene rings is 1. The van der Waals surface area contributed by atoms with Crippen LogP contribution in [0.1, 0.15) is 24.5 Å². The van der Waals surface area contributed by atoms with Gasteiger partial charge in [0.25, 0.3) is 0 Å². The van der Waals surface area contributed by atoms with Crippen molar-refractivity contribution in [1.82, 2.24) is 10.3 Å². The van der Waals surface area contributed by atoms with Crippen LogP contribution < -0.4 is 10.2 Å². The quantitative estimate of drug-likeness (QED) is 0.853. The summed E-state index contributed by atoms with van der Waals surface area (Å²) in [4.78, 5) is 6.66. The molecule has 0 atom stereocenters. The van der Waals surface area contributed by atoms with E-state index in [9.17, 15) is 4.39 Å². The Balaban J connectivity index is 1.90. The molecule has 1 aromatic heterocycles. The number of pyridine rings is 1. The second-order valence-corrected chi connectivity index (χ2v) is 5.34. The van der Waals surface area contributed by atoms with Gasteiger partial charge in [-0.05, 0) is 43.1 Å². The average Bonchev–Trinajstić information content (AvgIpc) is 2.91. The zero-order valence-corrected chi connectivity index (χ0v) is 12.3. The monoisotopic (exact) mass is 285 g/mol. The Morgan fingerprint density at radius 1 is 1.33 bits per heavy atom. The van der Waals surface area contributed by atoms with Crippen LogP contribution in [0.4, 0.5) is 15.9 Å². The van der Waals surface area contributed by atoms with Gasteiger partial charge in [0.1, 0.15) is 11.6 Å². The van der Waals surface area contributed by atoms with Gasteiger partial charge in [0.05, 0.1) is 0 Å². The SMILES string of the molecule is CCCNCc1cccnc1N1CCc2ccc(F)cc21. The third-order valence-electron chi connectivity index (χ3n) is 3.81. The van der Waals surface area contributed by atoms with Gasteiger partial charge in [-0.25, -0.2) is 9.37 Å². The largest absolute Gasteiger partial charge is 0.325 e. The van der Waals surface area contributed by atoms with Crippen LogP contribution in [-0.2, 0) is 13.0 Å². The topological polar surface area (TPSA) is 28.2 Å². The molecular weight excluding hydrogens is 265 g/mol. The van der Waals surface area contributed by atoms with E-state index < -0.39 is 0 Å². The van der Waals surface area contributed by atoms with Crippen molar-refractivity contribution in [3.05, 3.63) is 53.5 Å². The normalized spacial score (nSPS) is 13.5. The molecule has 1 aromatic carbocycles. The molecule has 0 spiro atoms. The summed E-state index contributed by atoms with van der Waals surface area (Å²) in [6.07, 6.45) is 3.84. The van der Waals surface area contributed by atoms with Crippen LogP contribution in [0.15, 0.2) is 36.5 Å². The zero-order chi connectivity index (χ0) is 14.7. The molecule has 0 radical (unpaired) electrons. The molecule has 0 saturated heterocycles. The number of hydrogen-bond donors (Lipinski definition) is 1. The summed E-state index contributed by atoms with van der Waals surface area (Å²) in [5, 5.41) is 3.41. The van der Waals surface area contributed by atoms with E-state index >= 15 is 0 Å². The second-order valence-electron chi connectivity index (χ2n) is 5.34. The fraction of sp³-hybridized carbons (Fsp3) is 0.353. The summed E-state index contributed by atoms with van der Waals surface area (Å²) in [6, 6.07) is 9.06. The fourth-order valence-electron chi connectivity index (χ4n) is 2.78. The minimum absolute atomic E-state index is 0.192. The molecule has 21 heavy (non-hydrogen) atoms. The predicted molar refractivity (Wildman–Crippen MR) is 83.3 cm³/mol. The summed E-state index contributed by atoms with van der Waals surface area (Å²) in [7, 11) is 0. The predicted octanol–water partition coefficient (Wildman–Crippen LogP) is 3.41. The van der Waals surface area contributed by atoms with Gasteiger partial charge in [0.15, 0.2) is 0 Å². The van der Waals surface area contributed by atoms with E-state index in [2.05, 4.69) is 28.2 Å². The Hall–Kier alpha value is -1.94. The van der Waals surface area contributed by atoms with Crippen LogP contribution in [0, 0.1) is 5.82 Å². The first-order valence-electron chi connectivity index (χ1n) is 7.50. The van der Waals surface area contributed by atoms with E-state index in [0.717, 1.165) is 49.5 Å². The molecular formula is C17H20FN3. The standard InChI is InChI=1S/C17H20FN3/c1-2-8-19-12-14-4-3-9-20-17(14)21-10-7-13-5-6-15(18)11-16(13)21/h3-6,9,11,19H,2,7-8,10,12H2,1H3. The Morgan fingerprint density at radius 2 is 2.24 bits per heavy atom. The lowest BCUT2D eigenvalue weighted by atomic mass is 10.1. The first kappa shape index (κ1) is 14.0. The highest BCUT2D eigenvalue weighted by molar-refractivity contribution is 5.69. The summed E-state index contributed by atoms with van der Waals surface area (Å²) in [6.45, 7) is 4.78. The third kappa shape index (κ3) is 2.90. The van der Waals surface area contributed by atoms with Gasteiger partial charge in [-0.1, -0.05) is 19.1 Å². The molecule has 0 saturated carbocycles. The van der Waals surface area contributed by atoms with E-state index in [-0.39, 0.29) is 5.82 Å². The van der Waals surface area contributed by atoms with Gasteiger partial charge in [-0.3, -0.25) is 0 Å². The number of halogens is 1. The summed E-state index contributed by atoms with van der Waals surface area (Å²) in [5.41, 5.74) is 3.29. The van der Waals surface area contributed by atoms with Gasteiger partial charge in [0, 0.05) is 30.5 Å². The highest BCUT2D eigenvalue weighted by Gasteiger charge is 2.23. The van der Waals surface area contributed by atoms with Crippen LogP contribution >= 0.6 is 0 Å². The number of nitrogens with zero attached hydrogens (tertiary/aromatic N) is 2. The van der Waals surface area contributed by atoms with E-state index in [0.29, 0.717) is 0 Å². The molecule has 0 unspecified atom stereocenters. The van der Waals surface area contributed by atoms with Gasteiger partial charge in [0.2, 0.25) is 0 Å². The van der Waals surface area contributed by atoms with E-state index in [4.69, 9.17) is 0 Å². The molecule has 3 nitrogen and oxygen atoms in total. The molecule has 2 heterocycles. The van der Waals surface area contributed by atoms with Crippen LogP contribution in [0.3, 0.4) is 0 Å². The molecule has 0 fully saturated rings. The first-order chi connectivity index (χ1) is 10.3. The van der Waals surface area contributed by atoms with Crippen LogP contribution in [0.5, 0.6) is 0 Å². The number of fused-ring (bicyclic) bond motifs is 1. The molecule has 4 heteroatoms.